The second-order valence-electron chi connectivity index (χ2n) is 4.35. The van der Waals surface area contributed by atoms with Gasteiger partial charge in [0.25, 0.3) is 0 Å². The first-order chi connectivity index (χ1) is 8.72. The molecule has 0 bridgehead atoms. The van der Waals surface area contributed by atoms with Crippen molar-refractivity contribution < 1.29 is 0 Å². The van der Waals surface area contributed by atoms with Crippen molar-refractivity contribution in [1.82, 2.24) is 5.32 Å². The quantitative estimate of drug-likeness (QED) is 0.852. The van der Waals surface area contributed by atoms with Crippen LogP contribution in [0.1, 0.15) is 29.0 Å². The number of hydrogen-bond donors (Lipinski definition) is 1. The van der Waals surface area contributed by atoms with E-state index in [0.29, 0.717) is 6.04 Å². The van der Waals surface area contributed by atoms with Gasteiger partial charge in [-0.25, -0.2) is 0 Å². The van der Waals surface area contributed by atoms with Gasteiger partial charge in [-0.15, -0.1) is 11.3 Å². The molecule has 96 valence electrons. The first-order valence-electron chi connectivity index (χ1n) is 6.23. The molecule has 1 N–H and O–H groups in total. The van der Waals surface area contributed by atoms with Crippen molar-refractivity contribution in [3.8, 4) is 0 Å². The van der Waals surface area contributed by atoms with Crippen LogP contribution < -0.4 is 5.32 Å². The third-order valence-corrected chi connectivity index (χ3v) is 4.43. The van der Waals surface area contributed by atoms with Gasteiger partial charge >= 0.3 is 0 Å². The van der Waals surface area contributed by atoms with Crippen LogP contribution in [0.25, 0.3) is 0 Å². The average molecular weight is 280 g/mol. The standard InChI is InChI=1S/C15H18ClNS/c1-3-11-4-6-12(7-5-11)14(17-2)10-13-8-9-15(16)18-13/h4-9,14,17H,3,10H2,1-2H3. The highest BCUT2D eigenvalue weighted by molar-refractivity contribution is 7.16. The van der Waals surface area contributed by atoms with Gasteiger partial charge in [-0.1, -0.05) is 42.8 Å². The summed E-state index contributed by atoms with van der Waals surface area (Å²) in [5.41, 5.74) is 2.71. The molecule has 1 atom stereocenters. The first-order valence-corrected chi connectivity index (χ1v) is 7.42. The lowest BCUT2D eigenvalue weighted by molar-refractivity contribution is 0.596. The van der Waals surface area contributed by atoms with Crippen LogP contribution in [0, 0.1) is 0 Å². The predicted molar refractivity (Wildman–Crippen MR) is 80.7 cm³/mol. The topological polar surface area (TPSA) is 12.0 Å². The molecule has 3 heteroatoms. The second kappa shape index (κ2) is 6.37. The molecule has 1 nitrogen and oxygen atoms in total. The van der Waals surface area contributed by atoms with E-state index in [2.05, 4.69) is 42.6 Å². The third-order valence-electron chi connectivity index (χ3n) is 3.17. The number of likely N-dealkylation sites (N-methyl/N-ethyl adjacent to an activating group) is 1. The zero-order chi connectivity index (χ0) is 13.0. The van der Waals surface area contributed by atoms with Gasteiger partial charge in [-0.3, -0.25) is 0 Å². The van der Waals surface area contributed by atoms with Crippen LogP contribution in [-0.4, -0.2) is 7.05 Å². The van der Waals surface area contributed by atoms with E-state index in [1.54, 1.807) is 11.3 Å². The zero-order valence-corrected chi connectivity index (χ0v) is 12.3. The van der Waals surface area contributed by atoms with Crippen LogP contribution in [0.4, 0.5) is 0 Å². The van der Waals surface area contributed by atoms with E-state index in [1.165, 1.54) is 16.0 Å². The van der Waals surface area contributed by atoms with Gasteiger partial charge in [0.05, 0.1) is 4.34 Å². The maximum absolute atomic E-state index is 5.97. The fourth-order valence-electron chi connectivity index (χ4n) is 2.03. The summed E-state index contributed by atoms with van der Waals surface area (Å²) in [6.07, 6.45) is 2.07. The molecule has 1 heterocycles. The third kappa shape index (κ3) is 3.35. The van der Waals surface area contributed by atoms with E-state index in [4.69, 9.17) is 11.6 Å². The Hall–Kier alpha value is -0.830. The molecule has 2 rings (SSSR count). The van der Waals surface area contributed by atoms with Gasteiger partial charge in [0.15, 0.2) is 0 Å². The summed E-state index contributed by atoms with van der Waals surface area (Å²) >= 11 is 7.63. The lowest BCUT2D eigenvalue weighted by atomic mass is 10.0. The molecule has 2 aromatic rings. The monoisotopic (exact) mass is 279 g/mol. The van der Waals surface area contributed by atoms with Crippen molar-refractivity contribution in [3.63, 3.8) is 0 Å². The van der Waals surface area contributed by atoms with Crippen molar-refractivity contribution in [2.24, 2.45) is 0 Å². The number of hydrogen-bond acceptors (Lipinski definition) is 2. The predicted octanol–water partition coefficient (Wildman–Crippen LogP) is 4.47. The minimum absolute atomic E-state index is 0.352. The van der Waals surface area contributed by atoms with E-state index in [-0.39, 0.29) is 0 Å². The number of halogens is 1. The van der Waals surface area contributed by atoms with Crippen LogP contribution in [0.5, 0.6) is 0 Å². The molecule has 0 saturated carbocycles. The molecular weight excluding hydrogens is 262 g/mol. The fourth-order valence-corrected chi connectivity index (χ4v) is 3.17. The Bertz CT molecular complexity index is 489. The molecule has 0 aliphatic carbocycles. The van der Waals surface area contributed by atoms with E-state index in [9.17, 15) is 0 Å². The van der Waals surface area contributed by atoms with Gasteiger partial charge in [-0.05, 0) is 36.7 Å². The van der Waals surface area contributed by atoms with Gasteiger partial charge < -0.3 is 5.32 Å². The Labute approximate surface area is 118 Å². The molecule has 0 fully saturated rings. The van der Waals surface area contributed by atoms with Crippen LogP contribution in [0.3, 0.4) is 0 Å². The van der Waals surface area contributed by atoms with Crippen molar-refractivity contribution in [2.75, 3.05) is 7.05 Å². The molecule has 0 amide bonds. The smallest absolute Gasteiger partial charge is 0.0931 e. The maximum Gasteiger partial charge on any atom is 0.0931 e. The summed E-state index contributed by atoms with van der Waals surface area (Å²) in [5.74, 6) is 0. The summed E-state index contributed by atoms with van der Waals surface area (Å²) < 4.78 is 0.862. The van der Waals surface area contributed by atoms with Gasteiger partial charge in [-0.2, -0.15) is 0 Å². The van der Waals surface area contributed by atoms with Crippen LogP contribution in [0.2, 0.25) is 4.34 Å². The van der Waals surface area contributed by atoms with Gasteiger partial charge in [0.2, 0.25) is 0 Å². The summed E-state index contributed by atoms with van der Waals surface area (Å²) in [6, 6.07) is 13.3. The Morgan fingerprint density at radius 1 is 1.17 bits per heavy atom. The highest BCUT2D eigenvalue weighted by Crippen LogP contribution is 2.26. The number of thiophene rings is 1. The Kier molecular flexibility index (Phi) is 4.81. The SMILES string of the molecule is CCc1ccc(C(Cc2ccc(Cl)s2)NC)cc1. The Morgan fingerprint density at radius 2 is 1.89 bits per heavy atom. The largest absolute Gasteiger partial charge is 0.313 e. The molecule has 0 aliphatic rings. The van der Waals surface area contributed by atoms with Crippen molar-refractivity contribution in [2.45, 2.75) is 25.8 Å². The Morgan fingerprint density at radius 3 is 2.39 bits per heavy atom. The Balaban J connectivity index is 2.12. The summed E-state index contributed by atoms with van der Waals surface area (Å²) in [4.78, 5) is 1.32. The zero-order valence-electron chi connectivity index (χ0n) is 10.7. The average Bonchev–Trinajstić information content (AvgIpc) is 2.82. The van der Waals surface area contributed by atoms with Crippen molar-refractivity contribution >= 4 is 22.9 Å². The lowest BCUT2D eigenvalue weighted by Crippen LogP contribution is -2.18. The molecule has 0 spiro atoms. The minimum Gasteiger partial charge on any atom is -0.313 e. The lowest BCUT2D eigenvalue weighted by Gasteiger charge is -2.16. The second-order valence-corrected chi connectivity index (χ2v) is 6.15. The minimum atomic E-state index is 0.352. The number of nitrogens with one attached hydrogen (secondary N) is 1. The highest BCUT2D eigenvalue weighted by atomic mass is 35.5. The maximum atomic E-state index is 5.97. The van der Waals surface area contributed by atoms with Gasteiger partial charge in [0.1, 0.15) is 0 Å². The molecule has 18 heavy (non-hydrogen) atoms. The molecule has 0 saturated heterocycles. The van der Waals surface area contributed by atoms with Crippen LogP contribution in [0.15, 0.2) is 36.4 Å². The number of rotatable bonds is 5. The summed E-state index contributed by atoms with van der Waals surface area (Å²) in [6.45, 7) is 2.18. The molecular formula is C15H18ClNS. The van der Waals surface area contributed by atoms with Crippen LogP contribution in [-0.2, 0) is 12.8 Å². The molecule has 1 aromatic carbocycles. The van der Waals surface area contributed by atoms with Crippen molar-refractivity contribution in [3.05, 3.63) is 56.7 Å². The first kappa shape index (κ1) is 13.6. The van der Waals surface area contributed by atoms with E-state index in [0.717, 1.165) is 17.2 Å². The van der Waals surface area contributed by atoms with E-state index in [1.807, 2.05) is 13.1 Å². The molecule has 0 aliphatic heterocycles. The van der Waals surface area contributed by atoms with Crippen molar-refractivity contribution in [1.29, 1.82) is 0 Å². The highest BCUT2D eigenvalue weighted by Gasteiger charge is 2.11. The summed E-state index contributed by atoms with van der Waals surface area (Å²) in [7, 11) is 2.01. The number of aryl methyl sites for hydroxylation is 1. The van der Waals surface area contributed by atoms with Gasteiger partial charge in [0, 0.05) is 17.3 Å². The fraction of sp³-hybridized carbons (Fsp3) is 0.333. The molecule has 0 radical (unpaired) electrons. The van der Waals surface area contributed by atoms with Crippen LogP contribution >= 0.6 is 22.9 Å². The summed E-state index contributed by atoms with van der Waals surface area (Å²) in [5, 5.41) is 3.38. The molecule has 1 unspecified atom stereocenters. The van der Waals surface area contributed by atoms with E-state index >= 15 is 0 Å². The number of benzene rings is 1. The van der Waals surface area contributed by atoms with E-state index < -0.39 is 0 Å². The normalized spacial score (nSPS) is 12.6. The molecule has 1 aromatic heterocycles.